The molecule has 4 rings (SSSR count). The third-order valence-corrected chi connectivity index (χ3v) is 6.46. The number of amides is 1. The zero-order chi connectivity index (χ0) is 19.0. The highest BCUT2D eigenvalue weighted by Gasteiger charge is 2.48. The topological polar surface area (TPSA) is 45.7 Å². The number of hydrogen-bond donors (Lipinski definition) is 0. The van der Waals surface area contributed by atoms with Gasteiger partial charge < -0.3 is 9.64 Å². The predicted molar refractivity (Wildman–Crippen MR) is 102 cm³/mol. The van der Waals surface area contributed by atoms with Gasteiger partial charge in [-0.25, -0.2) is 9.37 Å². The van der Waals surface area contributed by atoms with E-state index in [1.165, 1.54) is 18.1 Å². The van der Waals surface area contributed by atoms with Gasteiger partial charge in [-0.1, -0.05) is 12.1 Å². The molecule has 0 saturated carbocycles. The van der Waals surface area contributed by atoms with Crippen LogP contribution < -0.4 is 0 Å². The number of rotatable bonds is 5. The molecule has 0 radical (unpaired) electrons. The number of methoxy groups -OCH3 is 1. The molecule has 2 aromatic rings. The minimum Gasteiger partial charge on any atom is -0.375 e. The van der Waals surface area contributed by atoms with Crippen LogP contribution >= 0.6 is 11.3 Å². The molecule has 0 unspecified atom stereocenters. The number of ether oxygens (including phenoxy) is 1. The molecule has 3 heterocycles. The molecule has 1 aromatic carbocycles. The first-order valence-electron chi connectivity index (χ1n) is 9.22. The van der Waals surface area contributed by atoms with Crippen molar-refractivity contribution in [1.29, 1.82) is 0 Å². The Morgan fingerprint density at radius 2 is 2.22 bits per heavy atom. The van der Waals surface area contributed by atoms with Crippen molar-refractivity contribution < 1.29 is 13.9 Å². The lowest BCUT2D eigenvalue weighted by Crippen LogP contribution is -2.37. The zero-order valence-electron chi connectivity index (χ0n) is 15.6. The molecule has 2 fully saturated rings. The highest BCUT2D eigenvalue weighted by atomic mass is 32.1. The smallest absolute Gasteiger partial charge is 0.249 e. The van der Waals surface area contributed by atoms with Gasteiger partial charge in [-0.2, -0.15) is 0 Å². The van der Waals surface area contributed by atoms with Crippen LogP contribution in [0, 0.1) is 24.6 Å². The first-order valence-corrected chi connectivity index (χ1v) is 10.0. The summed E-state index contributed by atoms with van der Waals surface area (Å²) in [7, 11) is 1.53. The van der Waals surface area contributed by atoms with E-state index in [2.05, 4.69) is 9.88 Å². The summed E-state index contributed by atoms with van der Waals surface area (Å²) >= 11 is 1.73. The van der Waals surface area contributed by atoms with Crippen molar-refractivity contribution in [2.75, 3.05) is 33.4 Å². The van der Waals surface area contributed by atoms with Crippen molar-refractivity contribution in [2.45, 2.75) is 19.5 Å². The third-order valence-electron chi connectivity index (χ3n) is 5.57. The van der Waals surface area contributed by atoms with Crippen LogP contribution in [0.5, 0.6) is 0 Å². The second kappa shape index (κ2) is 7.66. The molecule has 0 aliphatic carbocycles. The van der Waals surface area contributed by atoms with Gasteiger partial charge >= 0.3 is 0 Å². The number of fused-ring (bicyclic) bond motifs is 1. The summed E-state index contributed by atoms with van der Waals surface area (Å²) in [5.74, 6) is 0.422. The van der Waals surface area contributed by atoms with Crippen molar-refractivity contribution in [2.24, 2.45) is 11.8 Å². The average molecular weight is 389 g/mol. The van der Waals surface area contributed by atoms with E-state index in [4.69, 9.17) is 4.74 Å². The largest absolute Gasteiger partial charge is 0.375 e. The summed E-state index contributed by atoms with van der Waals surface area (Å²) in [4.78, 5) is 22.5. The number of thiazole rings is 1. The van der Waals surface area contributed by atoms with Crippen LogP contribution in [0.25, 0.3) is 0 Å². The molecule has 0 N–H and O–H groups in total. The van der Waals surface area contributed by atoms with Gasteiger partial charge in [-0.3, -0.25) is 9.69 Å². The summed E-state index contributed by atoms with van der Waals surface area (Å²) < 4.78 is 18.9. The number of aryl methyl sites for hydroxylation is 1. The van der Waals surface area contributed by atoms with Crippen molar-refractivity contribution in [3.63, 3.8) is 0 Å². The molecule has 5 nitrogen and oxygen atoms in total. The molecule has 7 heteroatoms. The summed E-state index contributed by atoms with van der Waals surface area (Å²) in [5, 5.41) is 1.08. The van der Waals surface area contributed by atoms with E-state index < -0.39 is 0 Å². The van der Waals surface area contributed by atoms with Gasteiger partial charge in [0.2, 0.25) is 5.91 Å². The average Bonchev–Trinajstić information content (AvgIpc) is 3.29. The van der Waals surface area contributed by atoms with Crippen molar-refractivity contribution in [3.8, 4) is 0 Å². The molecule has 2 aliphatic rings. The van der Waals surface area contributed by atoms with Crippen molar-refractivity contribution >= 4 is 17.2 Å². The first-order chi connectivity index (χ1) is 13.0. The molecule has 27 heavy (non-hydrogen) atoms. The Bertz CT molecular complexity index is 827. The van der Waals surface area contributed by atoms with Crippen LogP contribution in [-0.4, -0.2) is 54.0 Å². The van der Waals surface area contributed by atoms with Crippen LogP contribution in [0.4, 0.5) is 4.39 Å². The number of likely N-dealkylation sites (tertiary alicyclic amines) is 2. The lowest BCUT2D eigenvalue weighted by Gasteiger charge is -2.29. The van der Waals surface area contributed by atoms with E-state index in [0.29, 0.717) is 18.4 Å². The Kier molecular flexibility index (Phi) is 5.25. The predicted octanol–water partition coefficient (Wildman–Crippen LogP) is 2.87. The second-order valence-electron chi connectivity index (χ2n) is 7.44. The minimum absolute atomic E-state index is 0.0224. The van der Waals surface area contributed by atoms with Crippen LogP contribution in [0.2, 0.25) is 0 Å². The molecular weight excluding hydrogens is 365 g/mol. The van der Waals surface area contributed by atoms with E-state index in [0.717, 1.165) is 30.2 Å². The molecule has 3 atom stereocenters. The highest BCUT2D eigenvalue weighted by molar-refractivity contribution is 7.11. The van der Waals surface area contributed by atoms with Crippen LogP contribution in [0.15, 0.2) is 30.5 Å². The van der Waals surface area contributed by atoms with Gasteiger partial charge in [0.05, 0.1) is 11.0 Å². The third kappa shape index (κ3) is 3.77. The molecule has 1 aromatic heterocycles. The quantitative estimate of drug-likeness (QED) is 0.789. The Morgan fingerprint density at radius 3 is 2.93 bits per heavy atom. The highest BCUT2D eigenvalue weighted by Crippen LogP contribution is 2.45. The summed E-state index contributed by atoms with van der Waals surface area (Å²) in [5.41, 5.74) is 0.877. The van der Waals surface area contributed by atoms with E-state index >= 15 is 0 Å². The zero-order valence-corrected chi connectivity index (χ0v) is 16.4. The fraction of sp³-hybridized carbons (Fsp3) is 0.500. The number of carbonyl (C=O) groups excluding carboxylic acids is 1. The Labute approximate surface area is 162 Å². The number of hydrogen-bond acceptors (Lipinski definition) is 5. The molecule has 144 valence electrons. The number of carbonyl (C=O) groups is 1. The summed E-state index contributed by atoms with van der Waals surface area (Å²) in [6, 6.07) is 6.57. The molecule has 0 bridgehead atoms. The van der Waals surface area contributed by atoms with Gasteiger partial charge in [-0.15, -0.1) is 11.3 Å². The van der Waals surface area contributed by atoms with Crippen molar-refractivity contribution in [1.82, 2.24) is 14.8 Å². The second-order valence-corrected chi connectivity index (χ2v) is 8.76. The van der Waals surface area contributed by atoms with E-state index in [1.807, 2.05) is 24.1 Å². The standard InChI is InChI=1S/C20H24FN3O2S/c1-13-22-7-17(27-13)10-23-8-15-9-24(19(25)12-26-2)20(18(15)11-23)14-4-3-5-16(21)6-14/h3-7,15,18,20H,8-12H2,1-2H3/t15-,18-,20+/m1/s1. The monoisotopic (exact) mass is 389 g/mol. The maximum absolute atomic E-state index is 13.9. The Morgan fingerprint density at radius 1 is 1.37 bits per heavy atom. The SMILES string of the molecule is COCC(=O)N1C[C@H]2CN(Cc3cnc(C)s3)C[C@H]2[C@@H]1c1cccc(F)c1. The Hall–Kier alpha value is -1.83. The number of aromatic nitrogens is 1. The number of nitrogens with zero attached hydrogens (tertiary/aromatic N) is 3. The van der Waals surface area contributed by atoms with Gasteiger partial charge in [0, 0.05) is 50.3 Å². The number of halogens is 1. The van der Waals surface area contributed by atoms with Crippen LogP contribution in [0.3, 0.4) is 0 Å². The lowest BCUT2D eigenvalue weighted by molar-refractivity contribution is -0.136. The number of benzene rings is 1. The molecule has 1 amide bonds. The van der Waals surface area contributed by atoms with Crippen LogP contribution in [-0.2, 0) is 16.1 Å². The van der Waals surface area contributed by atoms with E-state index in [-0.39, 0.29) is 24.4 Å². The van der Waals surface area contributed by atoms with Gasteiger partial charge in [0.25, 0.3) is 0 Å². The summed E-state index contributed by atoms with van der Waals surface area (Å²) in [6.07, 6.45) is 1.95. The molecule has 0 spiro atoms. The minimum atomic E-state index is -0.259. The maximum atomic E-state index is 13.9. The van der Waals surface area contributed by atoms with E-state index in [1.54, 1.807) is 23.5 Å². The first kappa shape index (κ1) is 18.5. The molecule has 2 aliphatic heterocycles. The van der Waals surface area contributed by atoms with Gasteiger partial charge in [0.1, 0.15) is 12.4 Å². The lowest BCUT2D eigenvalue weighted by atomic mass is 9.89. The molecular formula is C20H24FN3O2S. The Balaban J connectivity index is 1.56. The molecule has 2 saturated heterocycles. The summed E-state index contributed by atoms with van der Waals surface area (Å²) in [6.45, 7) is 5.53. The van der Waals surface area contributed by atoms with Gasteiger partial charge in [0.15, 0.2) is 0 Å². The fourth-order valence-corrected chi connectivity index (χ4v) is 5.38. The normalized spacial score (nSPS) is 25.1. The van der Waals surface area contributed by atoms with Gasteiger partial charge in [-0.05, 0) is 30.5 Å². The van der Waals surface area contributed by atoms with E-state index in [9.17, 15) is 9.18 Å². The van der Waals surface area contributed by atoms with Crippen LogP contribution in [0.1, 0.15) is 21.5 Å². The van der Waals surface area contributed by atoms with Crippen molar-refractivity contribution in [3.05, 3.63) is 51.7 Å². The maximum Gasteiger partial charge on any atom is 0.249 e. The fourth-order valence-electron chi connectivity index (χ4n) is 4.55.